The highest BCUT2D eigenvalue weighted by atomic mass is 32.1. The molecule has 0 radical (unpaired) electrons. The van der Waals surface area contributed by atoms with Crippen LogP contribution < -0.4 is 4.90 Å². The number of likely N-dealkylation sites (tertiary alicyclic amines) is 1. The molecular formula is C25H25N3O2S. The summed E-state index contributed by atoms with van der Waals surface area (Å²) in [6.45, 7) is 3.03. The van der Waals surface area contributed by atoms with E-state index in [2.05, 4.69) is 45.7 Å². The monoisotopic (exact) mass is 431 g/mol. The Morgan fingerprint density at radius 3 is 2.61 bits per heavy atom. The SMILES string of the molecule is O=C(c1ccoc1)N(c1snc2ccccc12)C1CCN(CCc2ccccc2)CC1. The van der Waals surface area contributed by atoms with Gasteiger partial charge in [-0.25, -0.2) is 0 Å². The first-order valence-electron chi connectivity index (χ1n) is 10.8. The molecule has 158 valence electrons. The minimum Gasteiger partial charge on any atom is -0.472 e. The Morgan fingerprint density at radius 2 is 1.84 bits per heavy atom. The second-order valence-corrected chi connectivity index (χ2v) is 8.75. The van der Waals surface area contributed by atoms with Gasteiger partial charge in [-0.3, -0.25) is 9.69 Å². The molecule has 1 aliphatic rings. The van der Waals surface area contributed by atoms with Gasteiger partial charge < -0.3 is 9.32 Å². The van der Waals surface area contributed by atoms with Crippen molar-refractivity contribution in [3.63, 3.8) is 0 Å². The third-order valence-corrected chi connectivity index (χ3v) is 6.93. The third kappa shape index (κ3) is 4.27. The van der Waals surface area contributed by atoms with E-state index in [0.717, 1.165) is 54.8 Å². The fourth-order valence-corrected chi connectivity index (χ4v) is 5.27. The van der Waals surface area contributed by atoms with Gasteiger partial charge in [-0.15, -0.1) is 0 Å². The lowest BCUT2D eigenvalue weighted by molar-refractivity contribution is 0.0961. The summed E-state index contributed by atoms with van der Waals surface area (Å²) in [7, 11) is 0. The number of amides is 1. The molecule has 4 aromatic rings. The summed E-state index contributed by atoms with van der Waals surface area (Å²) in [5.74, 6) is -0.00844. The largest absolute Gasteiger partial charge is 0.472 e. The molecule has 3 heterocycles. The average Bonchev–Trinajstić information content (AvgIpc) is 3.50. The Kier molecular flexibility index (Phi) is 5.82. The molecule has 5 nitrogen and oxygen atoms in total. The van der Waals surface area contributed by atoms with E-state index >= 15 is 0 Å². The maximum absolute atomic E-state index is 13.5. The maximum atomic E-state index is 13.5. The number of carbonyl (C=O) groups is 1. The van der Waals surface area contributed by atoms with Gasteiger partial charge in [0, 0.05) is 31.1 Å². The van der Waals surface area contributed by atoms with E-state index in [4.69, 9.17) is 4.42 Å². The molecule has 6 heteroatoms. The van der Waals surface area contributed by atoms with Gasteiger partial charge in [-0.2, -0.15) is 4.37 Å². The van der Waals surface area contributed by atoms with Crippen LogP contribution in [0.5, 0.6) is 0 Å². The number of carbonyl (C=O) groups excluding carboxylic acids is 1. The van der Waals surface area contributed by atoms with Crippen LogP contribution in [0.25, 0.3) is 10.9 Å². The first-order valence-corrected chi connectivity index (χ1v) is 11.5. The van der Waals surface area contributed by atoms with E-state index in [-0.39, 0.29) is 11.9 Å². The van der Waals surface area contributed by atoms with Crippen LogP contribution in [0.15, 0.2) is 77.6 Å². The fraction of sp³-hybridized carbons (Fsp3) is 0.280. The van der Waals surface area contributed by atoms with Crippen molar-refractivity contribution in [2.45, 2.75) is 25.3 Å². The summed E-state index contributed by atoms with van der Waals surface area (Å²) in [6.07, 6.45) is 6.05. The van der Waals surface area contributed by atoms with Crippen LogP contribution in [0.4, 0.5) is 5.00 Å². The summed E-state index contributed by atoms with van der Waals surface area (Å²) in [6, 6.07) is 20.6. The number of fused-ring (bicyclic) bond motifs is 1. The lowest BCUT2D eigenvalue weighted by atomic mass is 10.0. The van der Waals surface area contributed by atoms with Crippen LogP contribution in [0.1, 0.15) is 28.8 Å². The second-order valence-electron chi connectivity index (χ2n) is 8.00. The molecule has 1 saturated heterocycles. The molecule has 0 unspecified atom stereocenters. The van der Waals surface area contributed by atoms with Crippen molar-refractivity contribution in [3.8, 4) is 0 Å². The number of benzene rings is 2. The number of anilines is 1. The van der Waals surface area contributed by atoms with Crippen LogP contribution in [0, 0.1) is 0 Å². The average molecular weight is 432 g/mol. The highest BCUT2D eigenvalue weighted by Gasteiger charge is 2.32. The standard InChI is InChI=1S/C25H25N3O2S/c29-24(20-13-17-30-18-20)28(25-22-8-4-5-9-23(22)26-31-25)21-11-15-27(16-12-21)14-10-19-6-2-1-3-7-19/h1-9,13,17-18,21H,10-12,14-16H2. The summed E-state index contributed by atoms with van der Waals surface area (Å²) < 4.78 is 9.79. The maximum Gasteiger partial charge on any atom is 0.262 e. The zero-order chi connectivity index (χ0) is 21.0. The zero-order valence-electron chi connectivity index (χ0n) is 17.3. The summed E-state index contributed by atoms with van der Waals surface area (Å²) in [4.78, 5) is 18.0. The number of piperidine rings is 1. The van der Waals surface area contributed by atoms with Crippen molar-refractivity contribution < 1.29 is 9.21 Å². The molecule has 2 aromatic carbocycles. The number of rotatable bonds is 6. The topological polar surface area (TPSA) is 49.6 Å². The quantitative estimate of drug-likeness (QED) is 0.419. The smallest absolute Gasteiger partial charge is 0.262 e. The van der Waals surface area contributed by atoms with Gasteiger partial charge in [0.05, 0.1) is 17.3 Å². The molecule has 1 aliphatic heterocycles. The van der Waals surface area contributed by atoms with Gasteiger partial charge in [0.25, 0.3) is 5.91 Å². The zero-order valence-corrected chi connectivity index (χ0v) is 18.1. The molecule has 2 aromatic heterocycles. The van der Waals surface area contributed by atoms with Crippen molar-refractivity contribution in [2.24, 2.45) is 0 Å². The molecule has 0 saturated carbocycles. The summed E-state index contributed by atoms with van der Waals surface area (Å²) >= 11 is 1.41. The highest BCUT2D eigenvalue weighted by Crippen LogP contribution is 2.35. The van der Waals surface area contributed by atoms with Crippen molar-refractivity contribution in [2.75, 3.05) is 24.5 Å². The lowest BCUT2D eigenvalue weighted by Crippen LogP contribution is -2.47. The Morgan fingerprint density at radius 1 is 1.06 bits per heavy atom. The fourth-order valence-electron chi connectivity index (χ4n) is 4.33. The Bertz CT molecular complexity index is 1130. The molecule has 1 amide bonds. The molecule has 0 aliphatic carbocycles. The minimum atomic E-state index is -0.00844. The molecule has 5 rings (SSSR count). The van der Waals surface area contributed by atoms with E-state index < -0.39 is 0 Å². The molecule has 1 fully saturated rings. The Labute approximate surface area is 186 Å². The van der Waals surface area contributed by atoms with Crippen LogP contribution in [0.2, 0.25) is 0 Å². The van der Waals surface area contributed by atoms with Crippen molar-refractivity contribution in [1.82, 2.24) is 9.27 Å². The number of hydrogen-bond acceptors (Lipinski definition) is 5. The van der Waals surface area contributed by atoms with Crippen LogP contribution in [0.3, 0.4) is 0 Å². The number of hydrogen-bond donors (Lipinski definition) is 0. The van der Waals surface area contributed by atoms with E-state index in [0.29, 0.717) is 5.56 Å². The molecule has 0 atom stereocenters. The summed E-state index contributed by atoms with van der Waals surface area (Å²) in [5.41, 5.74) is 2.90. The predicted molar refractivity (Wildman–Crippen MR) is 125 cm³/mol. The molecule has 31 heavy (non-hydrogen) atoms. The van der Waals surface area contributed by atoms with Gasteiger partial charge in [0.2, 0.25) is 0 Å². The first-order chi connectivity index (χ1) is 15.3. The van der Waals surface area contributed by atoms with Gasteiger partial charge >= 0.3 is 0 Å². The van der Waals surface area contributed by atoms with E-state index in [1.165, 1.54) is 23.4 Å². The Hall–Kier alpha value is -2.96. The highest BCUT2D eigenvalue weighted by molar-refractivity contribution is 7.12. The van der Waals surface area contributed by atoms with Crippen LogP contribution in [-0.4, -0.2) is 40.9 Å². The Balaban J connectivity index is 1.34. The molecule has 0 bridgehead atoms. The van der Waals surface area contributed by atoms with Gasteiger partial charge in [0.1, 0.15) is 11.3 Å². The number of furan rings is 1. The van der Waals surface area contributed by atoms with Gasteiger partial charge in [-0.05, 0) is 54.6 Å². The number of nitrogens with zero attached hydrogens (tertiary/aromatic N) is 3. The molecular weight excluding hydrogens is 406 g/mol. The van der Waals surface area contributed by atoms with Gasteiger partial charge in [-0.1, -0.05) is 42.5 Å². The minimum absolute atomic E-state index is 0.00844. The van der Waals surface area contributed by atoms with Crippen molar-refractivity contribution in [3.05, 3.63) is 84.3 Å². The predicted octanol–water partition coefficient (Wildman–Crippen LogP) is 5.24. The molecule has 0 spiro atoms. The normalized spacial score (nSPS) is 15.4. The van der Waals surface area contributed by atoms with E-state index in [9.17, 15) is 4.79 Å². The van der Waals surface area contributed by atoms with E-state index in [1.807, 2.05) is 23.1 Å². The van der Waals surface area contributed by atoms with Crippen molar-refractivity contribution >= 4 is 33.3 Å². The van der Waals surface area contributed by atoms with E-state index in [1.54, 1.807) is 12.3 Å². The van der Waals surface area contributed by atoms with Crippen molar-refractivity contribution in [1.29, 1.82) is 0 Å². The third-order valence-electron chi connectivity index (χ3n) is 6.05. The second kappa shape index (κ2) is 9.04. The lowest BCUT2D eigenvalue weighted by Gasteiger charge is -2.37. The first kappa shape index (κ1) is 20.0. The molecule has 0 N–H and O–H groups in total. The number of aromatic nitrogens is 1. The van der Waals surface area contributed by atoms with Gasteiger partial charge in [0.15, 0.2) is 0 Å². The van der Waals surface area contributed by atoms with Crippen LogP contribution in [-0.2, 0) is 6.42 Å². The summed E-state index contributed by atoms with van der Waals surface area (Å²) in [5, 5.41) is 1.97. The van der Waals surface area contributed by atoms with Crippen LogP contribution >= 0.6 is 11.5 Å².